The first-order valence-corrected chi connectivity index (χ1v) is 5.23. The number of rotatable bonds is 4. The van der Waals surface area contributed by atoms with Crippen LogP contribution < -0.4 is 5.73 Å². The molecule has 1 aromatic rings. The standard InChI is InChI=1S/C12H16F3N/c1-8(2)6-12(15,7-16)10-5-9(13)3-4-11(10)14/h3-5,8H,6-7,16H2,1-2H3. The molecule has 0 aliphatic carbocycles. The zero-order valence-corrected chi connectivity index (χ0v) is 9.43. The monoisotopic (exact) mass is 231 g/mol. The second-order valence-electron chi connectivity index (χ2n) is 4.39. The summed E-state index contributed by atoms with van der Waals surface area (Å²) in [6, 6.07) is 2.77. The van der Waals surface area contributed by atoms with Gasteiger partial charge in [0.2, 0.25) is 0 Å². The number of benzene rings is 1. The second kappa shape index (κ2) is 4.87. The average molecular weight is 231 g/mol. The van der Waals surface area contributed by atoms with Crippen LogP contribution in [0.25, 0.3) is 0 Å². The van der Waals surface area contributed by atoms with Crippen molar-refractivity contribution in [3.05, 3.63) is 35.4 Å². The Morgan fingerprint density at radius 1 is 1.31 bits per heavy atom. The first kappa shape index (κ1) is 13.0. The van der Waals surface area contributed by atoms with Crippen molar-refractivity contribution in [2.24, 2.45) is 11.7 Å². The van der Waals surface area contributed by atoms with E-state index < -0.39 is 17.3 Å². The van der Waals surface area contributed by atoms with Crippen molar-refractivity contribution in [3.8, 4) is 0 Å². The van der Waals surface area contributed by atoms with Crippen LogP contribution >= 0.6 is 0 Å². The highest BCUT2D eigenvalue weighted by Gasteiger charge is 2.34. The molecule has 90 valence electrons. The molecule has 4 heteroatoms. The van der Waals surface area contributed by atoms with E-state index in [1.165, 1.54) is 0 Å². The largest absolute Gasteiger partial charge is 0.327 e. The highest BCUT2D eigenvalue weighted by atomic mass is 19.2. The van der Waals surface area contributed by atoms with Gasteiger partial charge in [-0.15, -0.1) is 0 Å². The number of alkyl halides is 1. The van der Waals surface area contributed by atoms with Crippen molar-refractivity contribution in [1.29, 1.82) is 0 Å². The van der Waals surface area contributed by atoms with Gasteiger partial charge < -0.3 is 5.73 Å². The molecule has 0 bridgehead atoms. The highest BCUT2D eigenvalue weighted by Crippen LogP contribution is 2.34. The summed E-state index contributed by atoms with van der Waals surface area (Å²) in [6.07, 6.45) is 0.0733. The predicted octanol–water partition coefficient (Wildman–Crippen LogP) is 3.13. The van der Waals surface area contributed by atoms with Crippen molar-refractivity contribution in [2.45, 2.75) is 25.9 Å². The van der Waals surface area contributed by atoms with Gasteiger partial charge in [0, 0.05) is 12.1 Å². The van der Waals surface area contributed by atoms with Gasteiger partial charge in [-0.25, -0.2) is 13.2 Å². The van der Waals surface area contributed by atoms with Crippen molar-refractivity contribution < 1.29 is 13.2 Å². The SMILES string of the molecule is CC(C)CC(F)(CN)c1cc(F)ccc1F. The highest BCUT2D eigenvalue weighted by molar-refractivity contribution is 5.26. The van der Waals surface area contributed by atoms with E-state index in [9.17, 15) is 13.2 Å². The van der Waals surface area contributed by atoms with Crippen molar-refractivity contribution in [1.82, 2.24) is 0 Å². The Hall–Kier alpha value is -1.03. The summed E-state index contributed by atoms with van der Waals surface area (Å²) in [6.45, 7) is 3.26. The molecule has 2 N–H and O–H groups in total. The number of nitrogens with two attached hydrogens (primary N) is 1. The Balaban J connectivity index is 3.16. The minimum atomic E-state index is -2.00. The number of hydrogen-bond donors (Lipinski definition) is 1. The lowest BCUT2D eigenvalue weighted by Gasteiger charge is -2.26. The van der Waals surface area contributed by atoms with E-state index in [0.29, 0.717) is 0 Å². The molecule has 1 atom stereocenters. The van der Waals surface area contributed by atoms with Gasteiger partial charge >= 0.3 is 0 Å². The van der Waals surface area contributed by atoms with E-state index in [0.717, 1.165) is 18.2 Å². The van der Waals surface area contributed by atoms with Crippen molar-refractivity contribution in [2.75, 3.05) is 6.54 Å². The Kier molecular flexibility index (Phi) is 3.97. The summed E-state index contributed by atoms with van der Waals surface area (Å²) in [4.78, 5) is 0. The maximum atomic E-state index is 14.4. The van der Waals surface area contributed by atoms with Gasteiger partial charge in [0.25, 0.3) is 0 Å². The van der Waals surface area contributed by atoms with Gasteiger partial charge in [0.15, 0.2) is 5.67 Å². The van der Waals surface area contributed by atoms with Crippen LogP contribution in [0.1, 0.15) is 25.8 Å². The third kappa shape index (κ3) is 2.76. The predicted molar refractivity (Wildman–Crippen MR) is 57.7 cm³/mol. The van der Waals surface area contributed by atoms with Gasteiger partial charge in [-0.2, -0.15) is 0 Å². The van der Waals surface area contributed by atoms with Crippen LogP contribution in [0.2, 0.25) is 0 Å². The third-order valence-electron chi connectivity index (χ3n) is 2.47. The molecule has 1 nitrogen and oxygen atoms in total. The molecule has 0 aliphatic rings. The normalized spacial score (nSPS) is 15.2. The molecule has 1 rings (SSSR count). The van der Waals surface area contributed by atoms with Crippen LogP contribution in [-0.2, 0) is 5.67 Å². The van der Waals surface area contributed by atoms with Crippen LogP contribution in [0.4, 0.5) is 13.2 Å². The van der Waals surface area contributed by atoms with Gasteiger partial charge in [0.1, 0.15) is 11.6 Å². The first-order valence-electron chi connectivity index (χ1n) is 5.23. The van der Waals surface area contributed by atoms with Crippen molar-refractivity contribution in [3.63, 3.8) is 0 Å². The van der Waals surface area contributed by atoms with Gasteiger partial charge in [-0.3, -0.25) is 0 Å². The third-order valence-corrected chi connectivity index (χ3v) is 2.47. The Morgan fingerprint density at radius 2 is 1.94 bits per heavy atom. The fraction of sp³-hybridized carbons (Fsp3) is 0.500. The summed E-state index contributed by atoms with van der Waals surface area (Å²) in [5, 5.41) is 0. The lowest BCUT2D eigenvalue weighted by Crippen LogP contribution is -2.33. The number of halogens is 3. The Bertz CT molecular complexity index is 365. The molecule has 0 fully saturated rings. The molecule has 0 aromatic heterocycles. The summed E-state index contributed by atoms with van der Waals surface area (Å²) in [5.74, 6) is -1.40. The molecule has 0 spiro atoms. The molecule has 0 radical (unpaired) electrons. The van der Waals surface area contributed by atoms with E-state index in [4.69, 9.17) is 5.73 Å². The summed E-state index contributed by atoms with van der Waals surface area (Å²) in [7, 11) is 0. The molecule has 16 heavy (non-hydrogen) atoms. The molecule has 1 aromatic carbocycles. The molecular weight excluding hydrogens is 215 g/mol. The minimum Gasteiger partial charge on any atom is -0.327 e. The Morgan fingerprint density at radius 3 is 2.44 bits per heavy atom. The van der Waals surface area contributed by atoms with Crippen LogP contribution in [0.3, 0.4) is 0 Å². The van der Waals surface area contributed by atoms with Crippen LogP contribution in [0, 0.1) is 17.6 Å². The summed E-state index contributed by atoms with van der Waals surface area (Å²) < 4.78 is 40.8. The van der Waals surface area contributed by atoms with E-state index in [1.807, 2.05) is 0 Å². The first-order chi connectivity index (χ1) is 7.39. The van der Waals surface area contributed by atoms with Crippen LogP contribution in [-0.4, -0.2) is 6.54 Å². The summed E-state index contributed by atoms with van der Waals surface area (Å²) >= 11 is 0. The van der Waals surface area contributed by atoms with Crippen LogP contribution in [0.15, 0.2) is 18.2 Å². The molecule has 0 saturated heterocycles. The molecule has 1 unspecified atom stereocenters. The minimum absolute atomic E-state index is 0.0104. The quantitative estimate of drug-likeness (QED) is 0.846. The molecule has 0 aliphatic heterocycles. The fourth-order valence-corrected chi connectivity index (χ4v) is 1.79. The van der Waals surface area contributed by atoms with E-state index in [2.05, 4.69) is 0 Å². The molecule has 0 amide bonds. The van der Waals surface area contributed by atoms with Gasteiger partial charge in [-0.1, -0.05) is 13.8 Å². The van der Waals surface area contributed by atoms with E-state index in [1.54, 1.807) is 13.8 Å². The zero-order chi connectivity index (χ0) is 12.3. The van der Waals surface area contributed by atoms with Gasteiger partial charge in [-0.05, 0) is 30.5 Å². The topological polar surface area (TPSA) is 26.0 Å². The molecule has 0 saturated carbocycles. The molecular formula is C12H16F3N. The average Bonchev–Trinajstić information content (AvgIpc) is 2.20. The number of hydrogen-bond acceptors (Lipinski definition) is 1. The lowest BCUT2D eigenvalue weighted by molar-refractivity contribution is 0.134. The van der Waals surface area contributed by atoms with Crippen LogP contribution in [0.5, 0.6) is 0 Å². The molecule has 0 heterocycles. The maximum absolute atomic E-state index is 14.4. The Labute approximate surface area is 93.5 Å². The second-order valence-corrected chi connectivity index (χ2v) is 4.39. The lowest BCUT2D eigenvalue weighted by atomic mass is 9.87. The maximum Gasteiger partial charge on any atom is 0.151 e. The summed E-state index contributed by atoms with van der Waals surface area (Å²) in [5.41, 5.74) is 3.05. The van der Waals surface area contributed by atoms with Crippen molar-refractivity contribution >= 4 is 0 Å². The smallest absolute Gasteiger partial charge is 0.151 e. The van der Waals surface area contributed by atoms with Gasteiger partial charge in [0.05, 0.1) is 0 Å². The van der Waals surface area contributed by atoms with E-state index >= 15 is 0 Å². The fourth-order valence-electron chi connectivity index (χ4n) is 1.79. The zero-order valence-electron chi connectivity index (χ0n) is 9.43. The van der Waals surface area contributed by atoms with E-state index in [-0.39, 0.29) is 24.4 Å².